The summed E-state index contributed by atoms with van der Waals surface area (Å²) in [5, 5.41) is 11.3. The average molecular weight is 268 g/mol. The molecule has 0 heterocycles. The van der Waals surface area contributed by atoms with Crippen molar-refractivity contribution in [1.29, 1.82) is 5.26 Å². The van der Waals surface area contributed by atoms with Gasteiger partial charge >= 0.3 is 0 Å². The van der Waals surface area contributed by atoms with E-state index in [9.17, 15) is 9.18 Å². The second-order valence-corrected chi connectivity index (χ2v) is 4.45. The van der Waals surface area contributed by atoms with Crippen molar-refractivity contribution < 1.29 is 9.18 Å². The summed E-state index contributed by atoms with van der Waals surface area (Å²) in [5.41, 5.74) is 2.56. The molecule has 0 bridgehead atoms. The van der Waals surface area contributed by atoms with Gasteiger partial charge < -0.3 is 5.32 Å². The molecule has 0 aliphatic heterocycles. The molecular weight excluding hydrogens is 255 g/mol. The van der Waals surface area contributed by atoms with Gasteiger partial charge in [-0.15, -0.1) is 0 Å². The van der Waals surface area contributed by atoms with Crippen molar-refractivity contribution in [2.75, 3.05) is 5.32 Å². The van der Waals surface area contributed by atoms with Crippen LogP contribution in [-0.2, 0) is 6.42 Å². The fourth-order valence-corrected chi connectivity index (χ4v) is 1.88. The maximum Gasteiger partial charge on any atom is 0.255 e. The summed E-state index contributed by atoms with van der Waals surface area (Å²) in [4.78, 5) is 12.1. The van der Waals surface area contributed by atoms with E-state index < -0.39 is 0 Å². The minimum absolute atomic E-state index is 0.282. The van der Waals surface area contributed by atoms with Crippen LogP contribution in [0.3, 0.4) is 0 Å². The molecule has 0 aromatic heterocycles. The smallest absolute Gasteiger partial charge is 0.255 e. The van der Waals surface area contributed by atoms with Crippen LogP contribution in [0.2, 0.25) is 0 Å². The van der Waals surface area contributed by atoms with E-state index in [0.29, 0.717) is 23.2 Å². The topological polar surface area (TPSA) is 52.9 Å². The normalized spacial score (nSPS) is 9.85. The second-order valence-electron chi connectivity index (χ2n) is 4.45. The first kappa shape index (κ1) is 13.8. The van der Waals surface area contributed by atoms with Crippen LogP contribution in [0.1, 0.15) is 21.5 Å². The third-order valence-corrected chi connectivity index (χ3v) is 2.93. The average Bonchev–Trinajstić information content (AvgIpc) is 2.41. The lowest BCUT2D eigenvalue weighted by molar-refractivity contribution is 0.102. The number of hydrogen-bond donors (Lipinski definition) is 1. The van der Waals surface area contributed by atoms with Crippen molar-refractivity contribution in [3.05, 3.63) is 65.0 Å². The van der Waals surface area contributed by atoms with Gasteiger partial charge in [0.05, 0.1) is 12.5 Å². The lowest BCUT2D eigenvalue weighted by Crippen LogP contribution is -2.13. The van der Waals surface area contributed by atoms with E-state index in [4.69, 9.17) is 5.26 Å². The van der Waals surface area contributed by atoms with Gasteiger partial charge in [-0.1, -0.05) is 12.1 Å². The Labute approximate surface area is 116 Å². The summed E-state index contributed by atoms with van der Waals surface area (Å²) < 4.78 is 13.0. The number of nitrogens with one attached hydrogen (secondary N) is 1. The molecule has 2 rings (SSSR count). The summed E-state index contributed by atoms with van der Waals surface area (Å²) in [6.07, 6.45) is 0.339. The predicted molar refractivity (Wildman–Crippen MR) is 74.8 cm³/mol. The molecule has 0 aliphatic carbocycles. The van der Waals surface area contributed by atoms with E-state index in [1.54, 1.807) is 31.2 Å². The van der Waals surface area contributed by atoms with Crippen molar-refractivity contribution in [2.45, 2.75) is 13.3 Å². The molecule has 0 atom stereocenters. The Bertz CT molecular complexity index is 672. The number of amides is 1. The predicted octanol–water partition coefficient (Wildman–Crippen LogP) is 3.45. The molecule has 0 spiro atoms. The van der Waals surface area contributed by atoms with Crippen molar-refractivity contribution >= 4 is 11.6 Å². The van der Waals surface area contributed by atoms with Crippen LogP contribution < -0.4 is 5.32 Å². The Hall–Kier alpha value is -2.67. The Morgan fingerprint density at radius 3 is 2.55 bits per heavy atom. The number of halogens is 1. The quantitative estimate of drug-likeness (QED) is 0.926. The van der Waals surface area contributed by atoms with Gasteiger partial charge in [-0.05, 0) is 48.4 Å². The molecule has 20 heavy (non-hydrogen) atoms. The number of carbonyl (C=O) groups is 1. The van der Waals surface area contributed by atoms with Gasteiger partial charge in [-0.25, -0.2) is 4.39 Å². The van der Waals surface area contributed by atoms with Crippen LogP contribution in [0.25, 0.3) is 0 Å². The first-order valence-electron chi connectivity index (χ1n) is 6.13. The minimum Gasteiger partial charge on any atom is -0.322 e. The second kappa shape index (κ2) is 5.98. The molecule has 0 radical (unpaired) electrons. The summed E-state index contributed by atoms with van der Waals surface area (Å²) in [7, 11) is 0. The Morgan fingerprint density at radius 1 is 1.25 bits per heavy atom. The number of rotatable bonds is 3. The van der Waals surface area contributed by atoms with Crippen LogP contribution in [0.5, 0.6) is 0 Å². The van der Waals surface area contributed by atoms with E-state index in [0.717, 1.165) is 5.56 Å². The highest BCUT2D eigenvalue weighted by atomic mass is 19.1. The zero-order valence-corrected chi connectivity index (χ0v) is 11.0. The van der Waals surface area contributed by atoms with E-state index in [-0.39, 0.29) is 11.7 Å². The number of carbonyl (C=O) groups excluding carboxylic acids is 1. The molecule has 2 aromatic carbocycles. The molecule has 3 nitrogen and oxygen atoms in total. The number of hydrogen-bond acceptors (Lipinski definition) is 2. The molecule has 4 heteroatoms. The third kappa shape index (κ3) is 3.21. The van der Waals surface area contributed by atoms with Gasteiger partial charge in [-0.3, -0.25) is 4.79 Å². The minimum atomic E-state index is -0.361. The molecule has 2 aromatic rings. The van der Waals surface area contributed by atoms with Crippen LogP contribution in [-0.4, -0.2) is 5.91 Å². The number of benzene rings is 2. The van der Waals surface area contributed by atoms with Crippen molar-refractivity contribution in [3.8, 4) is 6.07 Å². The molecule has 100 valence electrons. The molecular formula is C16H13FN2O. The first-order valence-corrected chi connectivity index (χ1v) is 6.13. The zero-order chi connectivity index (χ0) is 14.5. The Balaban J connectivity index is 2.13. The van der Waals surface area contributed by atoms with Gasteiger partial charge in [0, 0.05) is 11.3 Å². The lowest BCUT2D eigenvalue weighted by atomic mass is 10.1. The summed E-state index contributed by atoms with van der Waals surface area (Å²) in [6, 6.07) is 13.2. The molecule has 0 unspecified atom stereocenters. The Morgan fingerprint density at radius 2 is 1.95 bits per heavy atom. The fourth-order valence-electron chi connectivity index (χ4n) is 1.88. The maximum absolute atomic E-state index is 13.0. The molecule has 0 aliphatic rings. The molecule has 1 N–H and O–H groups in total. The maximum atomic E-state index is 13.0. The SMILES string of the molecule is Cc1cc(F)ccc1C(=O)Nc1ccc(CC#N)cc1. The molecule has 1 amide bonds. The lowest BCUT2D eigenvalue weighted by Gasteiger charge is -2.08. The highest BCUT2D eigenvalue weighted by Gasteiger charge is 2.09. The number of nitrogens with zero attached hydrogens (tertiary/aromatic N) is 1. The van der Waals surface area contributed by atoms with E-state index in [2.05, 4.69) is 11.4 Å². The summed E-state index contributed by atoms with van der Waals surface area (Å²) >= 11 is 0. The van der Waals surface area contributed by atoms with E-state index >= 15 is 0 Å². The van der Waals surface area contributed by atoms with E-state index in [1.807, 2.05) is 0 Å². The fraction of sp³-hybridized carbons (Fsp3) is 0.125. The first-order chi connectivity index (χ1) is 9.60. The zero-order valence-electron chi connectivity index (χ0n) is 11.0. The van der Waals surface area contributed by atoms with Gasteiger partial charge in [0.25, 0.3) is 5.91 Å². The van der Waals surface area contributed by atoms with Crippen LogP contribution in [0.4, 0.5) is 10.1 Å². The largest absolute Gasteiger partial charge is 0.322 e. The standard InChI is InChI=1S/C16H13FN2O/c1-11-10-13(17)4-7-15(11)16(20)19-14-5-2-12(3-6-14)8-9-18/h2-7,10H,8H2,1H3,(H,19,20). The molecule has 0 saturated carbocycles. The van der Waals surface area contributed by atoms with Crippen LogP contribution >= 0.6 is 0 Å². The number of aryl methyl sites for hydroxylation is 1. The number of anilines is 1. The molecule has 0 fully saturated rings. The third-order valence-electron chi connectivity index (χ3n) is 2.93. The molecule has 0 saturated heterocycles. The van der Waals surface area contributed by atoms with Crippen LogP contribution in [0.15, 0.2) is 42.5 Å². The highest BCUT2D eigenvalue weighted by Crippen LogP contribution is 2.14. The summed E-state index contributed by atoms with van der Waals surface area (Å²) in [5.74, 6) is -0.643. The van der Waals surface area contributed by atoms with E-state index in [1.165, 1.54) is 18.2 Å². The van der Waals surface area contributed by atoms with Crippen molar-refractivity contribution in [3.63, 3.8) is 0 Å². The van der Waals surface area contributed by atoms with Gasteiger partial charge in [0.15, 0.2) is 0 Å². The van der Waals surface area contributed by atoms with Gasteiger partial charge in [0.1, 0.15) is 5.82 Å². The Kier molecular flexibility index (Phi) is 4.11. The number of nitriles is 1. The monoisotopic (exact) mass is 268 g/mol. The van der Waals surface area contributed by atoms with Crippen molar-refractivity contribution in [2.24, 2.45) is 0 Å². The highest BCUT2D eigenvalue weighted by molar-refractivity contribution is 6.05. The van der Waals surface area contributed by atoms with Gasteiger partial charge in [0.2, 0.25) is 0 Å². The van der Waals surface area contributed by atoms with Crippen molar-refractivity contribution in [1.82, 2.24) is 0 Å². The summed E-state index contributed by atoms with van der Waals surface area (Å²) in [6.45, 7) is 1.69. The van der Waals surface area contributed by atoms with Gasteiger partial charge in [-0.2, -0.15) is 5.26 Å². The van der Waals surface area contributed by atoms with Crippen LogP contribution in [0, 0.1) is 24.1 Å².